The summed E-state index contributed by atoms with van der Waals surface area (Å²) < 4.78 is 1.70. The molecule has 4 nitrogen and oxygen atoms in total. The van der Waals surface area contributed by atoms with Gasteiger partial charge in [-0.05, 0) is 30.7 Å². The molecule has 1 aromatic heterocycles. The monoisotopic (exact) mass is 239 g/mol. The third kappa shape index (κ3) is 1.91. The highest BCUT2D eigenvalue weighted by atomic mass is 35.5. The predicted octanol–water partition coefficient (Wildman–Crippen LogP) is 1.61. The molecular formula is C11H14ClN3O. The minimum atomic E-state index is -0.525. The quantitative estimate of drug-likeness (QED) is 0.855. The lowest BCUT2D eigenvalue weighted by molar-refractivity contribution is 0.170. The SMILES string of the molecule is Cn1nc(Cl)c2ccc(C(O)CCN)cc21. The molecule has 1 unspecified atom stereocenters. The Morgan fingerprint density at radius 3 is 3.00 bits per heavy atom. The number of rotatable bonds is 3. The lowest BCUT2D eigenvalue weighted by atomic mass is 10.1. The Morgan fingerprint density at radius 1 is 1.56 bits per heavy atom. The van der Waals surface area contributed by atoms with Crippen molar-refractivity contribution in [2.24, 2.45) is 12.8 Å². The van der Waals surface area contributed by atoms with E-state index < -0.39 is 6.10 Å². The summed E-state index contributed by atoms with van der Waals surface area (Å²) in [5.74, 6) is 0. The summed E-state index contributed by atoms with van der Waals surface area (Å²) in [6.45, 7) is 0.464. The van der Waals surface area contributed by atoms with Crippen molar-refractivity contribution in [3.05, 3.63) is 28.9 Å². The number of halogens is 1. The Kier molecular flexibility index (Phi) is 3.14. The molecule has 0 spiro atoms. The number of aliphatic hydroxyl groups excluding tert-OH is 1. The highest BCUT2D eigenvalue weighted by molar-refractivity contribution is 6.34. The lowest BCUT2D eigenvalue weighted by Crippen LogP contribution is -2.06. The fraction of sp³-hybridized carbons (Fsp3) is 0.364. The third-order valence-electron chi connectivity index (χ3n) is 2.66. The second-order valence-electron chi connectivity index (χ2n) is 3.78. The first-order valence-electron chi connectivity index (χ1n) is 5.13. The van der Waals surface area contributed by atoms with E-state index in [0.29, 0.717) is 18.1 Å². The van der Waals surface area contributed by atoms with Crippen LogP contribution in [-0.4, -0.2) is 21.4 Å². The zero-order valence-electron chi connectivity index (χ0n) is 9.02. The van der Waals surface area contributed by atoms with Crippen LogP contribution in [0.25, 0.3) is 10.9 Å². The van der Waals surface area contributed by atoms with E-state index in [9.17, 15) is 5.11 Å². The van der Waals surface area contributed by atoms with Crippen molar-refractivity contribution in [1.29, 1.82) is 0 Å². The predicted molar refractivity (Wildman–Crippen MR) is 64.4 cm³/mol. The number of hydrogen-bond donors (Lipinski definition) is 2. The average Bonchev–Trinajstić information content (AvgIpc) is 2.55. The molecule has 0 bridgehead atoms. The van der Waals surface area contributed by atoms with Crippen LogP contribution in [0, 0.1) is 0 Å². The molecule has 3 N–H and O–H groups in total. The van der Waals surface area contributed by atoms with E-state index in [4.69, 9.17) is 17.3 Å². The molecule has 86 valence electrons. The number of aromatic nitrogens is 2. The highest BCUT2D eigenvalue weighted by Gasteiger charge is 2.11. The lowest BCUT2D eigenvalue weighted by Gasteiger charge is -2.09. The number of hydrogen-bond acceptors (Lipinski definition) is 3. The Morgan fingerprint density at radius 2 is 2.31 bits per heavy atom. The molecular weight excluding hydrogens is 226 g/mol. The van der Waals surface area contributed by atoms with Gasteiger partial charge in [0.25, 0.3) is 0 Å². The van der Waals surface area contributed by atoms with E-state index in [2.05, 4.69) is 5.10 Å². The topological polar surface area (TPSA) is 64.1 Å². The van der Waals surface area contributed by atoms with E-state index in [1.54, 1.807) is 4.68 Å². The fourth-order valence-corrected chi connectivity index (χ4v) is 2.04. The Labute approximate surface area is 98.6 Å². The molecule has 2 aromatic rings. The number of fused-ring (bicyclic) bond motifs is 1. The van der Waals surface area contributed by atoms with Crippen molar-refractivity contribution in [2.45, 2.75) is 12.5 Å². The van der Waals surface area contributed by atoms with Crippen molar-refractivity contribution in [3.8, 4) is 0 Å². The summed E-state index contributed by atoms with van der Waals surface area (Å²) in [4.78, 5) is 0. The van der Waals surface area contributed by atoms with E-state index in [0.717, 1.165) is 16.5 Å². The third-order valence-corrected chi connectivity index (χ3v) is 2.93. The van der Waals surface area contributed by atoms with Crippen LogP contribution < -0.4 is 5.73 Å². The van der Waals surface area contributed by atoms with E-state index in [-0.39, 0.29) is 0 Å². The maximum absolute atomic E-state index is 9.84. The summed E-state index contributed by atoms with van der Waals surface area (Å²) in [6, 6.07) is 5.63. The maximum Gasteiger partial charge on any atom is 0.158 e. The molecule has 0 aliphatic carbocycles. The van der Waals surface area contributed by atoms with Crippen LogP contribution in [-0.2, 0) is 7.05 Å². The summed E-state index contributed by atoms with van der Waals surface area (Å²) in [7, 11) is 1.83. The normalized spacial score (nSPS) is 13.2. The van der Waals surface area contributed by atoms with Gasteiger partial charge in [-0.25, -0.2) is 0 Å². The van der Waals surface area contributed by atoms with E-state index >= 15 is 0 Å². The molecule has 1 atom stereocenters. The molecule has 1 aromatic carbocycles. The Hall–Kier alpha value is -1.10. The summed E-state index contributed by atoms with van der Waals surface area (Å²) in [5, 5.41) is 15.3. The van der Waals surface area contributed by atoms with Gasteiger partial charge in [0.15, 0.2) is 5.15 Å². The van der Waals surface area contributed by atoms with Gasteiger partial charge in [0.2, 0.25) is 0 Å². The minimum absolute atomic E-state index is 0.464. The van der Waals surface area contributed by atoms with Gasteiger partial charge in [0.05, 0.1) is 11.6 Å². The smallest absolute Gasteiger partial charge is 0.158 e. The average molecular weight is 240 g/mol. The standard InChI is InChI=1S/C11H14ClN3O/c1-15-9-6-7(10(16)4-5-13)2-3-8(9)11(12)14-15/h2-3,6,10,16H,4-5,13H2,1H3. The van der Waals surface area contributed by atoms with Gasteiger partial charge < -0.3 is 10.8 Å². The number of benzene rings is 1. The van der Waals surface area contributed by atoms with Gasteiger partial charge in [-0.3, -0.25) is 4.68 Å². The fourth-order valence-electron chi connectivity index (χ4n) is 1.76. The molecule has 0 aliphatic rings. The van der Waals surface area contributed by atoms with Crippen LogP contribution in [0.5, 0.6) is 0 Å². The van der Waals surface area contributed by atoms with E-state index in [1.807, 2.05) is 25.2 Å². The molecule has 0 fully saturated rings. The van der Waals surface area contributed by atoms with Crippen LogP contribution in [0.2, 0.25) is 5.15 Å². The first-order valence-corrected chi connectivity index (χ1v) is 5.51. The summed E-state index contributed by atoms with van der Waals surface area (Å²) in [5.41, 5.74) is 7.18. The summed E-state index contributed by atoms with van der Waals surface area (Å²) in [6.07, 6.45) is 0.0277. The minimum Gasteiger partial charge on any atom is -0.388 e. The molecule has 0 aliphatic heterocycles. The van der Waals surface area contributed by atoms with Crippen molar-refractivity contribution < 1.29 is 5.11 Å². The van der Waals surface area contributed by atoms with Crippen LogP contribution in [0.4, 0.5) is 0 Å². The van der Waals surface area contributed by atoms with Crippen LogP contribution in [0.3, 0.4) is 0 Å². The molecule has 2 rings (SSSR count). The molecule has 0 saturated heterocycles. The van der Waals surface area contributed by atoms with Gasteiger partial charge in [0.1, 0.15) is 0 Å². The molecule has 0 radical (unpaired) electrons. The van der Waals surface area contributed by atoms with Gasteiger partial charge in [-0.2, -0.15) is 5.10 Å². The zero-order valence-corrected chi connectivity index (χ0v) is 9.78. The Bertz CT molecular complexity index is 509. The first kappa shape index (κ1) is 11.4. The van der Waals surface area contributed by atoms with Crippen LogP contribution in [0.1, 0.15) is 18.1 Å². The number of aryl methyl sites for hydroxylation is 1. The Balaban J connectivity index is 2.47. The second kappa shape index (κ2) is 4.41. The van der Waals surface area contributed by atoms with Crippen molar-refractivity contribution >= 4 is 22.5 Å². The largest absolute Gasteiger partial charge is 0.388 e. The molecule has 1 heterocycles. The van der Waals surface area contributed by atoms with Gasteiger partial charge in [0, 0.05) is 12.4 Å². The van der Waals surface area contributed by atoms with Crippen LogP contribution >= 0.6 is 11.6 Å². The summed E-state index contributed by atoms with van der Waals surface area (Å²) >= 11 is 5.96. The molecule has 0 amide bonds. The van der Waals surface area contributed by atoms with Gasteiger partial charge in [-0.1, -0.05) is 17.7 Å². The number of nitrogens with two attached hydrogens (primary N) is 1. The van der Waals surface area contributed by atoms with Gasteiger partial charge in [-0.15, -0.1) is 0 Å². The zero-order chi connectivity index (χ0) is 11.7. The number of nitrogens with zero attached hydrogens (tertiary/aromatic N) is 2. The molecule has 0 saturated carbocycles. The van der Waals surface area contributed by atoms with Crippen LogP contribution in [0.15, 0.2) is 18.2 Å². The molecule has 5 heteroatoms. The maximum atomic E-state index is 9.84. The van der Waals surface area contributed by atoms with E-state index in [1.165, 1.54) is 0 Å². The highest BCUT2D eigenvalue weighted by Crippen LogP contribution is 2.26. The number of aliphatic hydroxyl groups is 1. The molecule has 16 heavy (non-hydrogen) atoms. The van der Waals surface area contributed by atoms with Crippen molar-refractivity contribution in [3.63, 3.8) is 0 Å². The van der Waals surface area contributed by atoms with Crippen molar-refractivity contribution in [1.82, 2.24) is 9.78 Å². The van der Waals surface area contributed by atoms with Crippen molar-refractivity contribution in [2.75, 3.05) is 6.54 Å². The van der Waals surface area contributed by atoms with Gasteiger partial charge >= 0.3 is 0 Å². The second-order valence-corrected chi connectivity index (χ2v) is 4.14. The first-order chi connectivity index (χ1) is 7.63.